The molecule has 1 unspecified atom stereocenters. The number of carboxylic acid groups (broad SMARTS) is 1. The van der Waals surface area contributed by atoms with Gasteiger partial charge in [-0.3, -0.25) is 14.4 Å². The van der Waals surface area contributed by atoms with Crippen LogP contribution in [0.5, 0.6) is 0 Å². The summed E-state index contributed by atoms with van der Waals surface area (Å²) in [5.74, 6) is -1.92. The lowest BCUT2D eigenvalue weighted by Crippen LogP contribution is -2.57. The van der Waals surface area contributed by atoms with E-state index in [2.05, 4.69) is 5.32 Å². The Morgan fingerprint density at radius 2 is 2.26 bits per heavy atom. The Hall–Kier alpha value is -1.60. The lowest BCUT2D eigenvalue weighted by atomic mass is 10.1. The van der Waals surface area contributed by atoms with Crippen LogP contribution >= 0.6 is 22.9 Å². The van der Waals surface area contributed by atoms with E-state index in [0.717, 1.165) is 11.3 Å². The third-order valence-electron chi connectivity index (χ3n) is 2.74. The molecule has 0 spiro atoms. The van der Waals surface area contributed by atoms with Gasteiger partial charge in [-0.1, -0.05) is 11.6 Å². The quantitative estimate of drug-likeness (QED) is 0.865. The first-order chi connectivity index (χ1) is 8.99. The average molecular weight is 303 g/mol. The number of halogens is 1. The fourth-order valence-corrected chi connectivity index (χ4v) is 2.90. The van der Waals surface area contributed by atoms with Crippen LogP contribution in [0.4, 0.5) is 0 Å². The Balaban J connectivity index is 2.22. The first kappa shape index (κ1) is 13.8. The van der Waals surface area contributed by atoms with Crippen LogP contribution in [-0.2, 0) is 9.59 Å². The highest BCUT2D eigenvalue weighted by atomic mass is 35.5. The van der Waals surface area contributed by atoms with Crippen molar-refractivity contribution in [2.75, 3.05) is 13.1 Å². The van der Waals surface area contributed by atoms with Gasteiger partial charge in [0.2, 0.25) is 5.91 Å². The highest BCUT2D eigenvalue weighted by molar-refractivity contribution is 7.17. The van der Waals surface area contributed by atoms with Crippen LogP contribution in [0.25, 0.3) is 0 Å². The molecule has 0 radical (unpaired) electrons. The number of carboxylic acids is 1. The summed E-state index contributed by atoms with van der Waals surface area (Å²) >= 11 is 6.87. The van der Waals surface area contributed by atoms with Crippen LogP contribution in [0.15, 0.2) is 12.1 Å². The summed E-state index contributed by atoms with van der Waals surface area (Å²) in [6.07, 6.45) is -0.406. The second-order valence-corrected chi connectivity index (χ2v) is 5.72. The number of hydrogen-bond acceptors (Lipinski definition) is 4. The average Bonchev–Trinajstić information content (AvgIpc) is 2.77. The number of nitrogens with one attached hydrogen (secondary N) is 1. The Morgan fingerprint density at radius 3 is 2.84 bits per heavy atom. The summed E-state index contributed by atoms with van der Waals surface area (Å²) in [4.78, 5) is 36.4. The highest BCUT2D eigenvalue weighted by Gasteiger charge is 2.35. The van der Waals surface area contributed by atoms with Crippen LogP contribution in [0.3, 0.4) is 0 Å². The summed E-state index contributed by atoms with van der Waals surface area (Å²) in [6.45, 7) is 0.609. The molecule has 19 heavy (non-hydrogen) atoms. The minimum absolute atomic E-state index is 0.290. The van der Waals surface area contributed by atoms with Crippen molar-refractivity contribution in [1.82, 2.24) is 10.2 Å². The van der Waals surface area contributed by atoms with Gasteiger partial charge in [0.1, 0.15) is 6.04 Å². The van der Waals surface area contributed by atoms with Gasteiger partial charge in [-0.05, 0) is 12.1 Å². The van der Waals surface area contributed by atoms with Gasteiger partial charge in [-0.2, -0.15) is 0 Å². The van der Waals surface area contributed by atoms with Crippen LogP contribution in [-0.4, -0.2) is 46.9 Å². The molecule has 2 heterocycles. The second-order valence-electron chi connectivity index (χ2n) is 4.01. The largest absolute Gasteiger partial charge is 0.481 e. The molecule has 0 saturated carbocycles. The molecule has 2 N–H and O–H groups in total. The molecular formula is C11H11ClN2O4S. The normalized spacial score (nSPS) is 19.1. The van der Waals surface area contributed by atoms with E-state index in [-0.39, 0.29) is 12.5 Å². The minimum atomic E-state index is -1.12. The van der Waals surface area contributed by atoms with Crippen molar-refractivity contribution in [3.8, 4) is 0 Å². The van der Waals surface area contributed by atoms with E-state index in [9.17, 15) is 14.4 Å². The number of rotatable bonds is 3. The van der Waals surface area contributed by atoms with Gasteiger partial charge in [0, 0.05) is 13.1 Å². The molecule has 2 rings (SSSR count). The van der Waals surface area contributed by atoms with Crippen molar-refractivity contribution in [2.24, 2.45) is 0 Å². The molecule has 2 amide bonds. The zero-order chi connectivity index (χ0) is 14.0. The molecule has 8 heteroatoms. The minimum Gasteiger partial charge on any atom is -0.481 e. The molecule has 1 atom stereocenters. The number of nitrogens with zero attached hydrogens (tertiary/aromatic N) is 1. The van der Waals surface area contributed by atoms with Gasteiger partial charge >= 0.3 is 5.97 Å². The first-order valence-corrected chi connectivity index (χ1v) is 6.74. The number of aliphatic carboxylic acids is 1. The van der Waals surface area contributed by atoms with Gasteiger partial charge in [-0.25, -0.2) is 0 Å². The Labute approximate surface area is 118 Å². The monoisotopic (exact) mass is 302 g/mol. The predicted molar refractivity (Wildman–Crippen MR) is 69.4 cm³/mol. The summed E-state index contributed by atoms with van der Waals surface area (Å²) in [7, 11) is 0. The maximum atomic E-state index is 12.3. The number of amides is 2. The maximum absolute atomic E-state index is 12.3. The number of carbonyl (C=O) groups excluding carboxylic acids is 2. The Bertz CT molecular complexity index is 531. The smallest absolute Gasteiger partial charge is 0.305 e. The topological polar surface area (TPSA) is 86.7 Å². The van der Waals surface area contributed by atoms with E-state index in [1.165, 1.54) is 4.90 Å². The number of hydrogen-bond donors (Lipinski definition) is 2. The van der Waals surface area contributed by atoms with Crippen molar-refractivity contribution in [3.05, 3.63) is 21.3 Å². The van der Waals surface area contributed by atoms with E-state index in [4.69, 9.17) is 16.7 Å². The molecule has 1 fully saturated rings. The molecule has 102 valence electrons. The van der Waals surface area contributed by atoms with Crippen LogP contribution < -0.4 is 5.32 Å². The van der Waals surface area contributed by atoms with Crippen LogP contribution in [0, 0.1) is 0 Å². The summed E-state index contributed by atoms with van der Waals surface area (Å²) in [6, 6.07) is 2.19. The molecule has 0 bridgehead atoms. The Kier molecular flexibility index (Phi) is 4.06. The standard InChI is InChI=1S/C11H11ClN2O4S/c12-8-2-1-7(19-8)11(18)14-4-3-13-10(17)6(14)5-9(15)16/h1-2,6H,3-5H2,(H,13,17)(H,15,16). The fraction of sp³-hybridized carbons (Fsp3) is 0.364. The zero-order valence-corrected chi connectivity index (χ0v) is 11.3. The van der Waals surface area contributed by atoms with Crippen molar-refractivity contribution in [3.63, 3.8) is 0 Å². The fourth-order valence-electron chi connectivity index (χ4n) is 1.90. The van der Waals surface area contributed by atoms with E-state index in [0.29, 0.717) is 15.8 Å². The molecule has 0 aliphatic carbocycles. The third kappa shape index (κ3) is 3.05. The molecular weight excluding hydrogens is 292 g/mol. The van der Waals surface area contributed by atoms with Gasteiger partial charge in [0.05, 0.1) is 15.6 Å². The predicted octanol–water partition coefficient (Wildman–Crippen LogP) is 0.817. The highest BCUT2D eigenvalue weighted by Crippen LogP contribution is 2.24. The number of carbonyl (C=O) groups is 3. The second kappa shape index (κ2) is 5.58. The molecule has 1 aromatic rings. The zero-order valence-electron chi connectivity index (χ0n) is 9.76. The van der Waals surface area contributed by atoms with Gasteiger partial charge in [0.25, 0.3) is 5.91 Å². The number of thiophene rings is 1. The van der Waals surface area contributed by atoms with Crippen molar-refractivity contribution in [2.45, 2.75) is 12.5 Å². The van der Waals surface area contributed by atoms with Crippen LogP contribution in [0.2, 0.25) is 4.34 Å². The molecule has 1 saturated heterocycles. The molecule has 0 aromatic carbocycles. The van der Waals surface area contributed by atoms with Crippen molar-refractivity contribution < 1.29 is 19.5 Å². The van der Waals surface area contributed by atoms with Crippen molar-refractivity contribution >= 4 is 40.7 Å². The van der Waals surface area contributed by atoms with E-state index >= 15 is 0 Å². The first-order valence-electron chi connectivity index (χ1n) is 5.55. The SMILES string of the molecule is O=C(O)CC1C(=O)NCCN1C(=O)c1ccc(Cl)s1. The lowest BCUT2D eigenvalue weighted by Gasteiger charge is -2.33. The molecule has 1 aliphatic rings. The molecule has 6 nitrogen and oxygen atoms in total. The maximum Gasteiger partial charge on any atom is 0.305 e. The number of piperazine rings is 1. The molecule has 1 aromatic heterocycles. The van der Waals surface area contributed by atoms with E-state index in [1.54, 1.807) is 12.1 Å². The molecule has 1 aliphatic heterocycles. The summed E-state index contributed by atoms with van der Waals surface area (Å²) in [5.41, 5.74) is 0. The summed E-state index contributed by atoms with van der Waals surface area (Å²) < 4.78 is 0.472. The summed E-state index contributed by atoms with van der Waals surface area (Å²) in [5, 5.41) is 11.4. The van der Waals surface area contributed by atoms with Gasteiger partial charge in [0.15, 0.2) is 0 Å². The van der Waals surface area contributed by atoms with E-state index < -0.39 is 24.3 Å². The van der Waals surface area contributed by atoms with Crippen LogP contribution in [0.1, 0.15) is 16.1 Å². The van der Waals surface area contributed by atoms with E-state index in [1.807, 2.05) is 0 Å². The third-order valence-corrected chi connectivity index (χ3v) is 3.96. The Morgan fingerprint density at radius 1 is 1.53 bits per heavy atom. The van der Waals surface area contributed by atoms with Gasteiger partial charge in [-0.15, -0.1) is 11.3 Å². The lowest BCUT2D eigenvalue weighted by molar-refractivity contribution is -0.142. The van der Waals surface area contributed by atoms with Gasteiger partial charge < -0.3 is 15.3 Å². The van der Waals surface area contributed by atoms with Crippen molar-refractivity contribution in [1.29, 1.82) is 0 Å².